The van der Waals surface area contributed by atoms with Crippen LogP contribution in [0.4, 0.5) is 5.69 Å². The van der Waals surface area contributed by atoms with Crippen LogP contribution in [0.3, 0.4) is 0 Å². The van der Waals surface area contributed by atoms with Crippen molar-refractivity contribution in [2.24, 2.45) is 5.92 Å². The van der Waals surface area contributed by atoms with E-state index in [1.54, 1.807) is 0 Å². The minimum Gasteiger partial charge on any atom is -0.377 e. The molecule has 100 valence electrons. The van der Waals surface area contributed by atoms with Crippen LogP contribution in [0.25, 0.3) is 0 Å². The third-order valence-electron chi connectivity index (χ3n) is 4.50. The first-order valence-corrected chi connectivity index (χ1v) is 7.90. The van der Waals surface area contributed by atoms with Gasteiger partial charge in [-0.25, -0.2) is 0 Å². The lowest BCUT2D eigenvalue weighted by molar-refractivity contribution is 0.425. The van der Waals surface area contributed by atoms with E-state index < -0.39 is 0 Å². The van der Waals surface area contributed by atoms with Crippen molar-refractivity contribution in [3.05, 3.63) is 76.3 Å². The average Bonchev–Trinajstić information content (AvgIpc) is 2.97. The lowest BCUT2D eigenvalue weighted by Gasteiger charge is -2.38. The van der Waals surface area contributed by atoms with Crippen LogP contribution in [0.1, 0.15) is 29.5 Å². The number of hydrogen-bond acceptors (Lipinski definition) is 1. The van der Waals surface area contributed by atoms with Gasteiger partial charge in [0.2, 0.25) is 0 Å². The molecule has 1 heterocycles. The van der Waals surface area contributed by atoms with Crippen LogP contribution in [0, 0.1) is 5.92 Å². The molecule has 1 aliphatic carbocycles. The van der Waals surface area contributed by atoms with E-state index in [4.69, 9.17) is 0 Å². The molecule has 0 aromatic heterocycles. The molecule has 0 saturated carbocycles. The van der Waals surface area contributed by atoms with Crippen molar-refractivity contribution in [3.63, 3.8) is 0 Å². The second-order valence-corrected chi connectivity index (χ2v) is 6.44. The van der Waals surface area contributed by atoms with Gasteiger partial charge >= 0.3 is 0 Å². The van der Waals surface area contributed by atoms with Gasteiger partial charge in [-0.15, -0.1) is 0 Å². The monoisotopic (exact) mass is 325 g/mol. The molecule has 0 bridgehead atoms. The molecule has 0 radical (unpaired) electrons. The number of benzene rings is 2. The smallest absolute Gasteiger partial charge is 0.0554 e. The Kier molecular flexibility index (Phi) is 2.92. The van der Waals surface area contributed by atoms with Gasteiger partial charge < -0.3 is 5.32 Å². The summed E-state index contributed by atoms with van der Waals surface area (Å²) in [5.41, 5.74) is 4.06. The third kappa shape index (κ3) is 1.82. The molecule has 2 heteroatoms. The lowest BCUT2D eigenvalue weighted by Crippen LogP contribution is -2.29. The topological polar surface area (TPSA) is 12.0 Å². The van der Waals surface area contributed by atoms with Crippen LogP contribution in [0.2, 0.25) is 0 Å². The zero-order valence-electron chi connectivity index (χ0n) is 11.1. The molecular formula is C18H16BrN. The Morgan fingerprint density at radius 1 is 1.00 bits per heavy atom. The van der Waals surface area contributed by atoms with Crippen LogP contribution in [-0.2, 0) is 0 Å². The highest BCUT2D eigenvalue weighted by Gasteiger charge is 2.38. The number of anilines is 1. The highest BCUT2D eigenvalue weighted by atomic mass is 79.9. The molecule has 1 N–H and O–H groups in total. The van der Waals surface area contributed by atoms with Crippen LogP contribution in [0.15, 0.2) is 65.2 Å². The molecule has 20 heavy (non-hydrogen) atoms. The normalized spacial score (nSPS) is 26.8. The molecule has 0 amide bonds. The fourth-order valence-corrected chi connectivity index (χ4v) is 4.07. The molecule has 2 aromatic rings. The van der Waals surface area contributed by atoms with Crippen LogP contribution < -0.4 is 5.32 Å². The van der Waals surface area contributed by atoms with Crippen molar-refractivity contribution in [2.75, 3.05) is 5.32 Å². The van der Waals surface area contributed by atoms with Crippen LogP contribution in [-0.4, -0.2) is 0 Å². The van der Waals surface area contributed by atoms with Crippen molar-refractivity contribution < 1.29 is 0 Å². The Morgan fingerprint density at radius 3 is 2.70 bits per heavy atom. The molecule has 2 aliphatic rings. The summed E-state index contributed by atoms with van der Waals surface area (Å²) in [6, 6.07) is 17.7. The number of allylic oxidation sites excluding steroid dienone is 2. The molecule has 3 atom stereocenters. The second kappa shape index (κ2) is 4.78. The van der Waals surface area contributed by atoms with Gasteiger partial charge in [0.05, 0.1) is 11.7 Å². The standard InChI is InChI=1S/C18H16BrN/c19-16-11-5-10-15-13-8-4-9-14(13)17(20-18(15)16)12-6-2-1-3-7-12/h1-8,10-11,13-14,17,20H,9H2/t13-,14+,17+/m0/s1. The van der Waals surface area contributed by atoms with Gasteiger partial charge in [-0.3, -0.25) is 0 Å². The summed E-state index contributed by atoms with van der Waals surface area (Å²) in [4.78, 5) is 0. The molecule has 0 unspecified atom stereocenters. The zero-order valence-corrected chi connectivity index (χ0v) is 12.7. The van der Waals surface area contributed by atoms with Crippen LogP contribution >= 0.6 is 15.9 Å². The Morgan fingerprint density at radius 2 is 1.85 bits per heavy atom. The zero-order chi connectivity index (χ0) is 13.5. The fraction of sp³-hybridized carbons (Fsp3) is 0.222. The van der Waals surface area contributed by atoms with Crippen molar-refractivity contribution in [2.45, 2.75) is 18.4 Å². The number of halogens is 1. The number of para-hydroxylation sites is 1. The van der Waals surface area contributed by atoms with Gasteiger partial charge in [-0.1, -0.05) is 54.6 Å². The predicted molar refractivity (Wildman–Crippen MR) is 86.9 cm³/mol. The molecule has 0 spiro atoms. The highest BCUT2D eigenvalue weighted by Crippen LogP contribution is 2.51. The van der Waals surface area contributed by atoms with E-state index in [0.717, 1.165) is 10.9 Å². The van der Waals surface area contributed by atoms with Gasteiger partial charge in [0.25, 0.3) is 0 Å². The molecule has 4 rings (SSSR count). The second-order valence-electron chi connectivity index (χ2n) is 5.59. The summed E-state index contributed by atoms with van der Waals surface area (Å²) in [7, 11) is 0. The van der Waals surface area contributed by atoms with Crippen molar-refractivity contribution >= 4 is 21.6 Å². The Hall–Kier alpha value is -1.54. The molecule has 1 nitrogen and oxygen atoms in total. The maximum atomic E-state index is 3.77. The first-order valence-electron chi connectivity index (χ1n) is 7.11. The maximum absolute atomic E-state index is 3.77. The summed E-state index contributed by atoms with van der Waals surface area (Å²) >= 11 is 3.69. The number of fused-ring (bicyclic) bond motifs is 3. The largest absolute Gasteiger partial charge is 0.377 e. The Labute approximate surface area is 127 Å². The van der Waals surface area contributed by atoms with E-state index in [1.807, 2.05) is 0 Å². The quantitative estimate of drug-likeness (QED) is 0.704. The van der Waals surface area contributed by atoms with E-state index in [0.29, 0.717) is 17.9 Å². The van der Waals surface area contributed by atoms with Gasteiger partial charge in [0, 0.05) is 10.4 Å². The van der Waals surface area contributed by atoms with E-state index in [9.17, 15) is 0 Å². The van der Waals surface area contributed by atoms with Crippen molar-refractivity contribution in [1.29, 1.82) is 0 Å². The minimum atomic E-state index is 0.391. The first-order chi connectivity index (χ1) is 9.84. The Bertz CT molecular complexity index is 662. The molecule has 0 saturated heterocycles. The van der Waals surface area contributed by atoms with Gasteiger partial charge in [0.15, 0.2) is 0 Å². The SMILES string of the molecule is Brc1cccc2c1N[C@H](c1ccccc1)[C@@H]1CC=C[C@H]21. The molecule has 1 aliphatic heterocycles. The fourth-order valence-electron chi connectivity index (χ4n) is 3.57. The number of nitrogens with one attached hydrogen (secondary N) is 1. The summed E-state index contributed by atoms with van der Waals surface area (Å²) in [5, 5.41) is 3.77. The van der Waals surface area contributed by atoms with Gasteiger partial charge in [-0.05, 0) is 45.5 Å². The molecular weight excluding hydrogens is 310 g/mol. The van der Waals surface area contributed by atoms with Crippen molar-refractivity contribution in [1.82, 2.24) is 0 Å². The Balaban J connectivity index is 1.83. The first kappa shape index (κ1) is 12.2. The minimum absolute atomic E-state index is 0.391. The third-order valence-corrected chi connectivity index (χ3v) is 5.17. The molecule has 0 fully saturated rings. The van der Waals surface area contributed by atoms with E-state index in [1.165, 1.54) is 16.8 Å². The van der Waals surface area contributed by atoms with E-state index >= 15 is 0 Å². The van der Waals surface area contributed by atoms with Crippen molar-refractivity contribution in [3.8, 4) is 0 Å². The van der Waals surface area contributed by atoms with Crippen LogP contribution in [0.5, 0.6) is 0 Å². The molecule has 2 aromatic carbocycles. The van der Waals surface area contributed by atoms with E-state index in [-0.39, 0.29) is 0 Å². The predicted octanol–water partition coefficient (Wildman–Crippen LogP) is 5.28. The highest BCUT2D eigenvalue weighted by molar-refractivity contribution is 9.10. The summed E-state index contributed by atoms with van der Waals surface area (Å²) < 4.78 is 1.16. The van der Waals surface area contributed by atoms with Gasteiger partial charge in [-0.2, -0.15) is 0 Å². The summed E-state index contributed by atoms with van der Waals surface area (Å²) in [6.07, 6.45) is 5.87. The average molecular weight is 326 g/mol. The summed E-state index contributed by atoms with van der Waals surface area (Å²) in [5.74, 6) is 1.16. The van der Waals surface area contributed by atoms with Gasteiger partial charge in [0.1, 0.15) is 0 Å². The maximum Gasteiger partial charge on any atom is 0.0554 e. The lowest BCUT2D eigenvalue weighted by atomic mass is 9.77. The summed E-state index contributed by atoms with van der Waals surface area (Å²) in [6.45, 7) is 0. The number of rotatable bonds is 1. The number of hydrogen-bond donors (Lipinski definition) is 1. The van der Waals surface area contributed by atoms with E-state index in [2.05, 4.69) is 81.9 Å².